The Morgan fingerprint density at radius 1 is 0.562 bits per heavy atom. The molecule has 2 heteroatoms. The van der Waals surface area contributed by atoms with Crippen molar-refractivity contribution in [1.82, 2.24) is 0 Å². The molecule has 162 valence electrons. The predicted octanol–water partition coefficient (Wildman–Crippen LogP) is 8.29. The smallest absolute Gasteiger partial charge is 0.308 e. The van der Waals surface area contributed by atoms with E-state index < -0.39 is 7.92 Å². The van der Waals surface area contributed by atoms with E-state index in [4.69, 9.17) is 0 Å². The minimum absolute atomic E-state index is 0. The van der Waals surface area contributed by atoms with Crippen molar-refractivity contribution in [2.24, 2.45) is 0 Å². The summed E-state index contributed by atoms with van der Waals surface area (Å²) in [5, 5.41) is 2.62. The third-order valence-electron chi connectivity index (χ3n) is 5.61. The van der Waals surface area contributed by atoms with E-state index in [9.17, 15) is 0 Å². The molecule has 0 heterocycles. The van der Waals surface area contributed by atoms with Gasteiger partial charge in [0.25, 0.3) is 0 Å². The number of benzene rings is 3. The van der Waals surface area contributed by atoms with Crippen LogP contribution >= 0.6 is 7.92 Å². The summed E-state index contributed by atoms with van der Waals surface area (Å²) in [4.78, 5) is 0. The molecule has 2 aliphatic rings. The summed E-state index contributed by atoms with van der Waals surface area (Å²) >= 11 is 0. The molecule has 0 atom stereocenters. The molecular weight excluding hydrogens is 483 g/mol. The molecule has 3 aromatic rings. The van der Waals surface area contributed by atoms with Gasteiger partial charge in [0.15, 0.2) is 0 Å². The summed E-state index contributed by atoms with van der Waals surface area (Å²) in [5.41, 5.74) is 1.07. The van der Waals surface area contributed by atoms with Gasteiger partial charge < -0.3 is 11.6 Å². The maximum atomic E-state index is 3.58. The Bertz CT molecular complexity index is 773. The average Bonchev–Trinajstić information content (AvgIpc) is 3.61. The van der Waals surface area contributed by atoms with Crippen LogP contribution in [-0.4, -0.2) is 0 Å². The zero-order valence-electron chi connectivity index (χ0n) is 19.2. The van der Waals surface area contributed by atoms with Crippen LogP contribution in [0.15, 0.2) is 84.9 Å². The summed E-state index contributed by atoms with van der Waals surface area (Å²) in [6.07, 6.45) is 17.0. The molecule has 0 amide bonds. The molecule has 0 unspecified atom stereocenters. The number of hydrogen-bond donors (Lipinski definition) is 0. The Morgan fingerprint density at radius 3 is 1.34 bits per heavy atom. The molecule has 0 aliphatic heterocycles. The van der Waals surface area contributed by atoms with E-state index in [0.717, 1.165) is 5.56 Å². The molecule has 5 rings (SSSR count). The fourth-order valence-corrected chi connectivity index (χ4v) is 5.66. The predicted molar refractivity (Wildman–Crippen MR) is 138 cm³/mol. The van der Waals surface area contributed by atoms with Gasteiger partial charge in [0.2, 0.25) is 0 Å². The van der Waals surface area contributed by atoms with E-state index in [1.54, 1.807) is 0 Å². The van der Waals surface area contributed by atoms with Crippen LogP contribution in [0.2, 0.25) is 0 Å². The Labute approximate surface area is 216 Å². The van der Waals surface area contributed by atoms with E-state index in [1.165, 1.54) is 74.8 Å². The van der Waals surface area contributed by atoms with E-state index in [-0.39, 0.29) is 26.2 Å². The number of rotatable bonds is 4. The SMILES string of the molecule is C1CCCC1.C1CCCC1.[C-](=Cc1[c-]cccc1)P(c1ccccc1)c1ccccc1.[Zr+4]. The van der Waals surface area contributed by atoms with Crippen LogP contribution in [0.5, 0.6) is 0 Å². The van der Waals surface area contributed by atoms with Gasteiger partial charge in [-0.2, -0.15) is 12.1 Å². The van der Waals surface area contributed by atoms with Crippen LogP contribution in [0.3, 0.4) is 0 Å². The molecule has 2 saturated carbocycles. The Hall–Kier alpha value is -1.29. The molecule has 32 heavy (non-hydrogen) atoms. The van der Waals surface area contributed by atoms with Gasteiger partial charge in [0, 0.05) is 0 Å². The van der Waals surface area contributed by atoms with Gasteiger partial charge >= 0.3 is 26.2 Å². The second-order valence-electron chi connectivity index (χ2n) is 8.13. The fourth-order valence-electron chi connectivity index (χ4n) is 3.85. The van der Waals surface area contributed by atoms with Crippen LogP contribution < -0.4 is 10.6 Å². The van der Waals surface area contributed by atoms with Crippen molar-refractivity contribution in [2.45, 2.75) is 64.2 Å². The van der Waals surface area contributed by atoms with Gasteiger partial charge in [-0.3, -0.25) is 5.82 Å². The van der Waals surface area contributed by atoms with E-state index in [2.05, 4.69) is 78.6 Å². The molecular formula is C30H35PZr+2. The van der Waals surface area contributed by atoms with Gasteiger partial charge in [0.05, 0.1) is 0 Å². The van der Waals surface area contributed by atoms with Crippen molar-refractivity contribution in [3.8, 4) is 0 Å². The molecule has 0 N–H and O–H groups in total. The standard InChI is InChI=1S/C20H15P.2C5H10.Zr/c1-4-10-18(11-5-1)16-17-21(19-12-6-2-7-13-19)20-14-8-3-9-15-20;2*1-2-4-5-3-1;/h1-10,12-16H;2*1-5H2;/q-2;;;+4. The average molecular weight is 518 g/mol. The normalized spacial score (nSPS) is 14.8. The fraction of sp³-hybridized carbons (Fsp3) is 0.333. The third kappa shape index (κ3) is 10.6. The van der Waals surface area contributed by atoms with Crippen LogP contribution in [0.1, 0.15) is 69.8 Å². The minimum atomic E-state index is -0.600. The van der Waals surface area contributed by atoms with Gasteiger partial charge in [-0.05, 0) is 10.6 Å². The van der Waals surface area contributed by atoms with Crippen LogP contribution in [-0.2, 0) is 26.2 Å². The Kier molecular flexibility index (Phi) is 14.5. The Balaban J connectivity index is 0.000000271. The summed E-state index contributed by atoms with van der Waals surface area (Å²) in [5.74, 6) is 3.58. The Morgan fingerprint density at radius 2 is 0.969 bits per heavy atom. The first-order valence-electron chi connectivity index (χ1n) is 11.9. The molecule has 2 aliphatic carbocycles. The summed E-state index contributed by atoms with van der Waals surface area (Å²) in [6.45, 7) is 0. The maximum absolute atomic E-state index is 3.58. The molecule has 0 spiro atoms. The van der Waals surface area contributed by atoms with Crippen LogP contribution in [0.4, 0.5) is 0 Å². The van der Waals surface area contributed by atoms with Crippen LogP contribution in [0, 0.1) is 11.9 Å². The van der Waals surface area contributed by atoms with Crippen LogP contribution in [0.25, 0.3) is 6.08 Å². The van der Waals surface area contributed by atoms with Gasteiger partial charge in [-0.15, -0.1) is 14.0 Å². The first-order chi connectivity index (χ1) is 15.4. The summed E-state index contributed by atoms with van der Waals surface area (Å²) in [6, 6.07) is 32.4. The zero-order chi connectivity index (χ0) is 21.4. The molecule has 0 radical (unpaired) electrons. The topological polar surface area (TPSA) is 0 Å². The van der Waals surface area contributed by atoms with Crippen molar-refractivity contribution >= 4 is 24.6 Å². The summed E-state index contributed by atoms with van der Waals surface area (Å²) in [7, 11) is -0.600. The molecule has 0 nitrogen and oxygen atoms in total. The first kappa shape index (κ1) is 27.0. The van der Waals surface area contributed by atoms with Crippen molar-refractivity contribution in [1.29, 1.82) is 0 Å². The first-order valence-corrected chi connectivity index (χ1v) is 13.2. The van der Waals surface area contributed by atoms with Gasteiger partial charge in [-0.25, -0.2) is 12.1 Å². The maximum Gasteiger partial charge on any atom is 4.00 e. The molecule has 2 fully saturated rings. The zero-order valence-corrected chi connectivity index (χ0v) is 22.5. The van der Waals surface area contributed by atoms with Gasteiger partial charge in [-0.1, -0.05) is 125 Å². The van der Waals surface area contributed by atoms with Crippen molar-refractivity contribution in [3.05, 3.63) is 102 Å². The largest absolute Gasteiger partial charge is 4.00 e. The van der Waals surface area contributed by atoms with Crippen molar-refractivity contribution in [2.75, 3.05) is 0 Å². The third-order valence-corrected chi connectivity index (χ3v) is 7.63. The van der Waals surface area contributed by atoms with Crippen molar-refractivity contribution < 1.29 is 26.2 Å². The second-order valence-corrected chi connectivity index (χ2v) is 10.1. The molecule has 0 aromatic heterocycles. The quantitative estimate of drug-likeness (QED) is 0.241. The molecule has 0 bridgehead atoms. The number of hydrogen-bond acceptors (Lipinski definition) is 0. The molecule has 0 saturated heterocycles. The summed E-state index contributed by atoms with van der Waals surface area (Å²) < 4.78 is 0. The van der Waals surface area contributed by atoms with Gasteiger partial charge in [0.1, 0.15) is 0 Å². The van der Waals surface area contributed by atoms with E-state index >= 15 is 0 Å². The van der Waals surface area contributed by atoms with E-state index in [1.807, 2.05) is 24.3 Å². The second kappa shape index (κ2) is 17.2. The molecule has 3 aromatic carbocycles. The minimum Gasteiger partial charge on any atom is -0.308 e. The van der Waals surface area contributed by atoms with Crippen molar-refractivity contribution in [3.63, 3.8) is 0 Å². The van der Waals surface area contributed by atoms with E-state index in [0.29, 0.717) is 0 Å². The monoisotopic (exact) mass is 516 g/mol.